The number of nitrogens with zero attached hydrogens (tertiary/aromatic N) is 1. The highest BCUT2D eigenvalue weighted by atomic mass is 35.5. The van der Waals surface area contributed by atoms with E-state index >= 15 is 0 Å². The number of sulfonamides is 1. The van der Waals surface area contributed by atoms with E-state index in [0.717, 1.165) is 21.7 Å². The Morgan fingerprint density at radius 2 is 1.61 bits per heavy atom. The fourth-order valence-corrected chi connectivity index (χ4v) is 4.81. The summed E-state index contributed by atoms with van der Waals surface area (Å²) < 4.78 is 26.3. The van der Waals surface area contributed by atoms with Crippen LogP contribution in [0.1, 0.15) is 34.0 Å². The maximum Gasteiger partial charge on any atom is 0.248 e. The lowest BCUT2D eigenvalue weighted by Gasteiger charge is -2.29. The molecule has 3 rings (SSSR count). The number of rotatable bonds is 7. The molecule has 1 N–H and O–H groups in total. The Kier molecular flexibility index (Phi) is 7.25. The van der Waals surface area contributed by atoms with Crippen LogP contribution in [0.25, 0.3) is 0 Å². The summed E-state index contributed by atoms with van der Waals surface area (Å²) in [5, 5.41) is 3.05. The Labute approximate surface area is 199 Å². The van der Waals surface area contributed by atoms with Gasteiger partial charge in [-0.1, -0.05) is 48.0 Å². The van der Waals surface area contributed by atoms with Gasteiger partial charge in [-0.3, -0.25) is 13.9 Å². The first-order valence-corrected chi connectivity index (χ1v) is 12.5. The SMILES string of the molecule is Cc1ccc(N([C@H](C)C(=O)Nc2ccc(Cl)cc2C(=O)c2ccccc2)S(C)(=O)=O)cc1C. The number of carbonyl (C=O) groups excluding carboxylic acids is 2. The van der Waals surface area contributed by atoms with E-state index in [1.54, 1.807) is 48.5 Å². The van der Waals surface area contributed by atoms with Gasteiger partial charge >= 0.3 is 0 Å². The van der Waals surface area contributed by atoms with Crippen LogP contribution < -0.4 is 9.62 Å². The minimum absolute atomic E-state index is 0.214. The van der Waals surface area contributed by atoms with E-state index in [9.17, 15) is 18.0 Å². The highest BCUT2D eigenvalue weighted by Crippen LogP contribution is 2.27. The second-order valence-corrected chi connectivity index (χ2v) is 10.2. The smallest absolute Gasteiger partial charge is 0.248 e. The number of halogens is 1. The number of ketones is 1. The van der Waals surface area contributed by atoms with Crippen LogP contribution in [0.5, 0.6) is 0 Å². The summed E-state index contributed by atoms with van der Waals surface area (Å²) in [5.41, 5.74) is 3.21. The van der Waals surface area contributed by atoms with Crippen LogP contribution in [0.4, 0.5) is 11.4 Å². The number of aryl methyl sites for hydroxylation is 2. The lowest BCUT2D eigenvalue weighted by molar-refractivity contribution is -0.116. The van der Waals surface area contributed by atoms with Gasteiger partial charge in [0.25, 0.3) is 0 Å². The standard InChI is InChI=1S/C25H25ClN2O4S/c1-16-10-12-21(14-17(16)2)28(33(4,31)32)18(3)25(30)27-23-13-11-20(26)15-22(23)24(29)19-8-6-5-7-9-19/h5-15,18H,1-4H3,(H,27,30)/t18-/m1/s1. The summed E-state index contributed by atoms with van der Waals surface area (Å²) in [5.74, 6) is -0.890. The van der Waals surface area contributed by atoms with Gasteiger partial charge in [-0.2, -0.15) is 0 Å². The predicted octanol–water partition coefficient (Wildman–Crippen LogP) is 4.98. The molecule has 8 heteroatoms. The molecule has 1 atom stereocenters. The number of nitrogens with one attached hydrogen (secondary N) is 1. The number of hydrogen-bond acceptors (Lipinski definition) is 4. The van der Waals surface area contributed by atoms with Gasteiger partial charge in [0.1, 0.15) is 6.04 Å². The van der Waals surface area contributed by atoms with Gasteiger partial charge in [-0.05, 0) is 62.2 Å². The Hall–Kier alpha value is -3.16. The normalized spacial score (nSPS) is 12.2. The van der Waals surface area contributed by atoms with E-state index in [4.69, 9.17) is 11.6 Å². The molecule has 6 nitrogen and oxygen atoms in total. The van der Waals surface area contributed by atoms with E-state index in [1.807, 2.05) is 19.9 Å². The summed E-state index contributed by atoms with van der Waals surface area (Å²) >= 11 is 6.11. The molecular weight excluding hydrogens is 460 g/mol. The number of hydrogen-bond donors (Lipinski definition) is 1. The zero-order chi connectivity index (χ0) is 24.3. The lowest BCUT2D eigenvalue weighted by atomic mass is 10.0. The van der Waals surface area contributed by atoms with Crippen LogP contribution in [0.15, 0.2) is 66.7 Å². The maximum atomic E-state index is 13.2. The van der Waals surface area contributed by atoms with Crippen LogP contribution in [0, 0.1) is 13.8 Å². The quantitative estimate of drug-likeness (QED) is 0.479. The average molecular weight is 485 g/mol. The molecule has 0 aromatic heterocycles. The third kappa shape index (κ3) is 5.61. The molecule has 3 aromatic carbocycles. The Bertz CT molecular complexity index is 1310. The van der Waals surface area contributed by atoms with E-state index in [0.29, 0.717) is 16.3 Å². The molecule has 0 saturated heterocycles. The van der Waals surface area contributed by atoms with Crippen molar-refractivity contribution >= 4 is 44.7 Å². The molecule has 1 amide bonds. The van der Waals surface area contributed by atoms with Crippen LogP contribution in [0.2, 0.25) is 5.02 Å². The summed E-state index contributed by atoms with van der Waals surface area (Å²) in [6.45, 7) is 5.30. The Morgan fingerprint density at radius 3 is 2.21 bits per heavy atom. The van der Waals surface area contributed by atoms with Gasteiger partial charge in [0.15, 0.2) is 5.78 Å². The topological polar surface area (TPSA) is 83.6 Å². The van der Waals surface area contributed by atoms with Crippen LogP contribution in [-0.2, 0) is 14.8 Å². The molecule has 0 saturated carbocycles. The molecule has 0 unspecified atom stereocenters. The van der Waals surface area contributed by atoms with E-state index in [-0.39, 0.29) is 17.0 Å². The minimum Gasteiger partial charge on any atom is -0.324 e. The Balaban J connectivity index is 1.95. The number of anilines is 2. The monoisotopic (exact) mass is 484 g/mol. The third-order valence-electron chi connectivity index (χ3n) is 5.35. The van der Waals surface area contributed by atoms with Crippen molar-refractivity contribution in [2.75, 3.05) is 15.9 Å². The number of carbonyl (C=O) groups is 2. The lowest BCUT2D eigenvalue weighted by Crippen LogP contribution is -2.45. The average Bonchev–Trinajstić information content (AvgIpc) is 2.76. The zero-order valence-corrected chi connectivity index (χ0v) is 20.4. The van der Waals surface area contributed by atoms with Crippen molar-refractivity contribution in [1.29, 1.82) is 0 Å². The van der Waals surface area contributed by atoms with E-state index < -0.39 is 22.0 Å². The largest absolute Gasteiger partial charge is 0.324 e. The van der Waals surface area contributed by atoms with Crippen molar-refractivity contribution in [3.8, 4) is 0 Å². The van der Waals surface area contributed by atoms with Gasteiger partial charge in [-0.25, -0.2) is 8.42 Å². The van der Waals surface area contributed by atoms with Gasteiger partial charge in [0.2, 0.25) is 15.9 Å². The molecule has 0 aliphatic carbocycles. The molecule has 0 fully saturated rings. The minimum atomic E-state index is -3.78. The van der Waals surface area contributed by atoms with Crippen molar-refractivity contribution in [1.82, 2.24) is 0 Å². The third-order valence-corrected chi connectivity index (χ3v) is 6.83. The van der Waals surface area contributed by atoms with E-state index in [2.05, 4.69) is 5.32 Å². The molecule has 0 spiro atoms. The predicted molar refractivity (Wildman–Crippen MR) is 133 cm³/mol. The van der Waals surface area contributed by atoms with Crippen LogP contribution in [0.3, 0.4) is 0 Å². The van der Waals surface area contributed by atoms with Crippen molar-refractivity contribution in [3.05, 3.63) is 94.0 Å². The molecule has 0 radical (unpaired) electrons. The van der Waals surface area contributed by atoms with Gasteiger partial charge in [0.05, 0.1) is 17.6 Å². The summed E-state index contributed by atoms with van der Waals surface area (Å²) in [4.78, 5) is 26.2. The first-order chi connectivity index (χ1) is 15.5. The summed E-state index contributed by atoms with van der Waals surface area (Å²) in [7, 11) is -3.78. The molecule has 0 aliphatic heterocycles. The number of benzene rings is 3. The molecular formula is C25H25ClN2O4S. The second kappa shape index (κ2) is 9.77. The Morgan fingerprint density at radius 1 is 0.939 bits per heavy atom. The molecule has 0 bridgehead atoms. The molecule has 0 aliphatic rings. The van der Waals surface area contributed by atoms with Gasteiger partial charge < -0.3 is 5.32 Å². The number of amides is 1. The summed E-state index contributed by atoms with van der Waals surface area (Å²) in [6.07, 6.45) is 1.05. The highest BCUT2D eigenvalue weighted by Gasteiger charge is 2.30. The van der Waals surface area contributed by atoms with Crippen molar-refractivity contribution in [2.45, 2.75) is 26.8 Å². The van der Waals surface area contributed by atoms with Crippen LogP contribution >= 0.6 is 11.6 Å². The van der Waals surface area contributed by atoms with Gasteiger partial charge in [0, 0.05) is 16.1 Å². The summed E-state index contributed by atoms with van der Waals surface area (Å²) in [6, 6.07) is 17.3. The fourth-order valence-electron chi connectivity index (χ4n) is 3.47. The van der Waals surface area contributed by atoms with E-state index in [1.165, 1.54) is 19.1 Å². The second-order valence-electron chi connectivity index (χ2n) is 7.88. The van der Waals surface area contributed by atoms with Crippen molar-refractivity contribution in [3.63, 3.8) is 0 Å². The first-order valence-electron chi connectivity index (χ1n) is 10.3. The first kappa shape index (κ1) is 24.5. The zero-order valence-electron chi connectivity index (χ0n) is 18.8. The maximum absolute atomic E-state index is 13.2. The molecule has 3 aromatic rings. The molecule has 33 heavy (non-hydrogen) atoms. The highest BCUT2D eigenvalue weighted by molar-refractivity contribution is 7.92. The fraction of sp³-hybridized carbons (Fsp3) is 0.200. The van der Waals surface area contributed by atoms with Gasteiger partial charge in [-0.15, -0.1) is 0 Å². The van der Waals surface area contributed by atoms with Crippen molar-refractivity contribution < 1.29 is 18.0 Å². The van der Waals surface area contributed by atoms with Crippen molar-refractivity contribution in [2.24, 2.45) is 0 Å². The molecule has 172 valence electrons. The van der Waals surface area contributed by atoms with Crippen LogP contribution in [-0.4, -0.2) is 32.4 Å². The molecule has 0 heterocycles.